The number of rotatable bonds is 7. The number of halogens is 1. The van der Waals surface area contributed by atoms with Crippen LogP contribution in [0, 0.1) is 0 Å². The molecule has 0 spiro atoms. The minimum atomic E-state index is -0.137. The first-order chi connectivity index (χ1) is 15.1. The zero-order valence-corrected chi connectivity index (χ0v) is 18.0. The number of amides is 1. The van der Waals surface area contributed by atoms with Crippen molar-refractivity contribution in [1.82, 2.24) is 10.3 Å². The minimum absolute atomic E-state index is 0.0370. The van der Waals surface area contributed by atoms with E-state index in [1.54, 1.807) is 24.4 Å². The number of hydrogen-bond donors (Lipinski definition) is 1. The zero-order chi connectivity index (χ0) is 21.6. The molecule has 4 aromatic rings. The molecule has 0 aliphatic heterocycles. The van der Waals surface area contributed by atoms with Crippen molar-refractivity contribution < 1.29 is 9.21 Å². The van der Waals surface area contributed by atoms with Gasteiger partial charge < -0.3 is 9.73 Å². The number of benzene rings is 3. The van der Waals surface area contributed by atoms with Crippen LogP contribution in [0.15, 0.2) is 89.5 Å². The van der Waals surface area contributed by atoms with E-state index in [0.717, 1.165) is 18.4 Å². The van der Waals surface area contributed by atoms with E-state index in [1.807, 2.05) is 55.5 Å². The molecule has 0 saturated carbocycles. The Balaban J connectivity index is 1.48. The van der Waals surface area contributed by atoms with Crippen molar-refractivity contribution in [3.05, 3.63) is 101 Å². The number of carbonyl (C=O) groups is 1. The van der Waals surface area contributed by atoms with Gasteiger partial charge in [0.15, 0.2) is 5.76 Å². The Morgan fingerprint density at radius 1 is 1.00 bits per heavy atom. The summed E-state index contributed by atoms with van der Waals surface area (Å²) in [7, 11) is 0. The van der Waals surface area contributed by atoms with Gasteiger partial charge in [-0.3, -0.25) is 4.79 Å². The molecule has 1 atom stereocenters. The van der Waals surface area contributed by atoms with Crippen molar-refractivity contribution in [3.63, 3.8) is 0 Å². The topological polar surface area (TPSA) is 55.1 Å². The molecule has 31 heavy (non-hydrogen) atoms. The lowest BCUT2D eigenvalue weighted by molar-refractivity contribution is 0.0939. The molecule has 3 aromatic carbocycles. The van der Waals surface area contributed by atoms with Crippen molar-refractivity contribution >= 4 is 17.5 Å². The van der Waals surface area contributed by atoms with Crippen molar-refractivity contribution in [2.75, 3.05) is 0 Å². The molecule has 0 saturated heterocycles. The third kappa shape index (κ3) is 5.22. The van der Waals surface area contributed by atoms with Crippen LogP contribution in [-0.4, -0.2) is 16.9 Å². The number of nitrogens with one attached hydrogen (secondary N) is 1. The second kappa shape index (κ2) is 9.63. The molecule has 0 bridgehead atoms. The van der Waals surface area contributed by atoms with Crippen LogP contribution in [0.25, 0.3) is 22.8 Å². The standard InChI is InChI=1S/C26H23ClN2O2/c1-18(11-12-19-7-3-2-4-8-19)29-25(30)22-9-5-6-10-23(22)26-28-17-24(31-26)20-13-15-21(27)16-14-20/h2-10,13-18H,11-12H2,1H3,(H,29,30)/t18-/m0/s1. The number of oxazole rings is 1. The average Bonchev–Trinajstić information content (AvgIpc) is 3.29. The lowest BCUT2D eigenvalue weighted by Crippen LogP contribution is -2.33. The molecule has 5 heteroatoms. The predicted octanol–water partition coefficient (Wildman–Crippen LogP) is 6.41. The number of hydrogen-bond acceptors (Lipinski definition) is 3. The molecule has 0 aliphatic rings. The van der Waals surface area contributed by atoms with E-state index in [2.05, 4.69) is 22.4 Å². The molecule has 1 aromatic heterocycles. The summed E-state index contributed by atoms with van der Waals surface area (Å²) in [5, 5.41) is 3.76. The van der Waals surface area contributed by atoms with Gasteiger partial charge >= 0.3 is 0 Å². The third-order valence-corrected chi connectivity index (χ3v) is 5.37. The molecule has 4 nitrogen and oxygen atoms in total. The van der Waals surface area contributed by atoms with Crippen molar-refractivity contribution in [2.24, 2.45) is 0 Å². The number of nitrogens with zero attached hydrogens (tertiary/aromatic N) is 1. The molecule has 156 valence electrons. The Morgan fingerprint density at radius 3 is 2.48 bits per heavy atom. The average molecular weight is 431 g/mol. The maximum Gasteiger partial charge on any atom is 0.252 e. The van der Waals surface area contributed by atoms with E-state index in [0.29, 0.717) is 27.8 Å². The summed E-state index contributed by atoms with van der Waals surface area (Å²) in [6.45, 7) is 2.02. The lowest BCUT2D eigenvalue weighted by Gasteiger charge is -2.15. The van der Waals surface area contributed by atoms with Gasteiger partial charge in [-0.2, -0.15) is 0 Å². The monoisotopic (exact) mass is 430 g/mol. The van der Waals surface area contributed by atoms with Gasteiger partial charge in [0.1, 0.15) is 0 Å². The summed E-state index contributed by atoms with van der Waals surface area (Å²) >= 11 is 5.96. The Labute approximate surface area is 186 Å². The van der Waals surface area contributed by atoms with Gasteiger partial charge in [-0.1, -0.05) is 54.1 Å². The van der Waals surface area contributed by atoms with Crippen LogP contribution >= 0.6 is 11.6 Å². The first-order valence-corrected chi connectivity index (χ1v) is 10.6. The third-order valence-electron chi connectivity index (χ3n) is 5.12. The molecule has 0 aliphatic carbocycles. The van der Waals surface area contributed by atoms with Gasteiger partial charge in [0.25, 0.3) is 5.91 Å². The molecule has 0 fully saturated rings. The van der Waals surface area contributed by atoms with Gasteiger partial charge in [-0.15, -0.1) is 0 Å². The van der Waals surface area contributed by atoms with Crippen LogP contribution in [0.5, 0.6) is 0 Å². The SMILES string of the molecule is C[C@@H](CCc1ccccc1)NC(=O)c1ccccc1-c1ncc(-c2ccc(Cl)cc2)o1. The van der Waals surface area contributed by atoms with Crippen LogP contribution < -0.4 is 5.32 Å². The van der Waals surface area contributed by atoms with Gasteiger partial charge in [0.2, 0.25) is 5.89 Å². The summed E-state index contributed by atoms with van der Waals surface area (Å²) in [4.78, 5) is 17.4. The molecule has 0 unspecified atom stereocenters. The van der Waals surface area contributed by atoms with Gasteiger partial charge in [-0.25, -0.2) is 4.98 Å². The van der Waals surface area contributed by atoms with Crippen molar-refractivity contribution in [2.45, 2.75) is 25.8 Å². The lowest BCUT2D eigenvalue weighted by atomic mass is 10.0. The highest BCUT2D eigenvalue weighted by Crippen LogP contribution is 2.29. The molecule has 1 N–H and O–H groups in total. The summed E-state index contributed by atoms with van der Waals surface area (Å²) in [6, 6.07) is 25.0. The first kappa shape index (κ1) is 20.9. The van der Waals surface area contributed by atoms with E-state index < -0.39 is 0 Å². The molecule has 1 amide bonds. The fraction of sp³-hybridized carbons (Fsp3) is 0.154. The predicted molar refractivity (Wildman–Crippen MR) is 124 cm³/mol. The Hall–Kier alpha value is -3.37. The van der Waals surface area contributed by atoms with E-state index >= 15 is 0 Å². The quantitative estimate of drug-likeness (QED) is 0.368. The molecular weight excluding hydrogens is 408 g/mol. The van der Waals surface area contributed by atoms with E-state index in [-0.39, 0.29) is 11.9 Å². The van der Waals surface area contributed by atoms with Crippen molar-refractivity contribution in [3.8, 4) is 22.8 Å². The van der Waals surface area contributed by atoms with Crippen LogP contribution in [0.1, 0.15) is 29.3 Å². The molecule has 0 radical (unpaired) electrons. The second-order valence-corrected chi connectivity index (χ2v) is 7.92. The number of aromatic nitrogens is 1. The van der Waals surface area contributed by atoms with E-state index in [4.69, 9.17) is 16.0 Å². The summed E-state index contributed by atoms with van der Waals surface area (Å²) in [5.74, 6) is 0.896. The minimum Gasteiger partial charge on any atom is -0.436 e. The van der Waals surface area contributed by atoms with Gasteiger partial charge in [0.05, 0.1) is 11.8 Å². The molecular formula is C26H23ClN2O2. The number of carbonyl (C=O) groups excluding carboxylic acids is 1. The van der Waals surface area contributed by atoms with Crippen LogP contribution in [-0.2, 0) is 6.42 Å². The first-order valence-electron chi connectivity index (χ1n) is 10.3. The maximum absolute atomic E-state index is 13.0. The van der Waals surface area contributed by atoms with Gasteiger partial charge in [-0.05, 0) is 61.7 Å². The fourth-order valence-corrected chi connectivity index (χ4v) is 3.54. The molecule has 1 heterocycles. The summed E-state index contributed by atoms with van der Waals surface area (Å²) < 4.78 is 5.96. The second-order valence-electron chi connectivity index (χ2n) is 7.48. The summed E-state index contributed by atoms with van der Waals surface area (Å²) in [5.41, 5.74) is 3.34. The highest BCUT2D eigenvalue weighted by molar-refractivity contribution is 6.30. The fourth-order valence-electron chi connectivity index (χ4n) is 3.42. The maximum atomic E-state index is 13.0. The number of aryl methyl sites for hydroxylation is 1. The smallest absolute Gasteiger partial charge is 0.252 e. The normalized spacial score (nSPS) is 11.8. The van der Waals surface area contributed by atoms with Crippen LogP contribution in [0.3, 0.4) is 0 Å². The Bertz CT molecular complexity index is 1150. The van der Waals surface area contributed by atoms with Crippen molar-refractivity contribution in [1.29, 1.82) is 0 Å². The zero-order valence-electron chi connectivity index (χ0n) is 17.2. The Morgan fingerprint density at radius 2 is 1.71 bits per heavy atom. The molecule has 4 rings (SSSR count). The van der Waals surface area contributed by atoms with E-state index in [1.165, 1.54) is 5.56 Å². The highest BCUT2D eigenvalue weighted by atomic mass is 35.5. The highest BCUT2D eigenvalue weighted by Gasteiger charge is 2.18. The Kier molecular flexibility index (Phi) is 6.48. The van der Waals surface area contributed by atoms with Gasteiger partial charge in [0, 0.05) is 22.2 Å². The van der Waals surface area contributed by atoms with E-state index in [9.17, 15) is 4.79 Å². The largest absolute Gasteiger partial charge is 0.436 e. The van der Waals surface area contributed by atoms with Crippen LogP contribution in [0.4, 0.5) is 0 Å². The summed E-state index contributed by atoms with van der Waals surface area (Å²) in [6.07, 6.45) is 3.43. The van der Waals surface area contributed by atoms with Crippen LogP contribution in [0.2, 0.25) is 5.02 Å².